The van der Waals surface area contributed by atoms with Gasteiger partial charge in [0.05, 0.1) is 11.2 Å². The van der Waals surface area contributed by atoms with Crippen molar-refractivity contribution >= 4 is 33.6 Å². The van der Waals surface area contributed by atoms with Crippen molar-refractivity contribution in [2.45, 2.75) is 115 Å². The van der Waals surface area contributed by atoms with Gasteiger partial charge in [-0.25, -0.2) is 4.98 Å². The molecule has 5 aromatic carbocycles. The molecule has 0 aliphatic rings. The lowest BCUT2D eigenvalue weighted by atomic mass is 9.85. The van der Waals surface area contributed by atoms with Gasteiger partial charge in [0.1, 0.15) is 5.03 Å². The predicted molar refractivity (Wildman–Crippen MR) is 235 cm³/mol. The van der Waals surface area contributed by atoms with Crippen molar-refractivity contribution in [3.05, 3.63) is 138 Å². The molecule has 0 radical (unpaired) electrons. The van der Waals surface area contributed by atoms with Crippen molar-refractivity contribution in [2.24, 2.45) is 0 Å². The van der Waals surface area contributed by atoms with Crippen LogP contribution in [0.3, 0.4) is 0 Å². The molecule has 0 saturated carbocycles. The Morgan fingerprint density at radius 1 is 0.426 bits per heavy atom. The number of hydrogen-bond donors (Lipinski definition) is 1. The number of nitrogens with one attached hydrogen (secondary N) is 1. The highest BCUT2D eigenvalue weighted by molar-refractivity contribution is 7.99. The van der Waals surface area contributed by atoms with E-state index in [9.17, 15) is 0 Å². The van der Waals surface area contributed by atoms with Gasteiger partial charge in [-0.05, 0) is 121 Å². The molecule has 0 amide bonds. The first-order valence-corrected chi connectivity index (χ1v) is 20.2. The molecule has 7 aromatic rings. The predicted octanol–water partition coefficient (Wildman–Crippen LogP) is 15.1. The van der Waals surface area contributed by atoms with Crippen molar-refractivity contribution < 1.29 is 0 Å². The summed E-state index contributed by atoms with van der Waals surface area (Å²) in [5.41, 5.74) is 14.8. The van der Waals surface area contributed by atoms with Crippen molar-refractivity contribution in [1.82, 2.24) is 9.97 Å². The summed E-state index contributed by atoms with van der Waals surface area (Å²) in [7, 11) is 0. The number of H-pyrrole nitrogens is 1. The molecule has 7 rings (SSSR count). The lowest BCUT2D eigenvalue weighted by Gasteiger charge is -2.21. The Labute approximate surface area is 327 Å². The highest BCUT2D eigenvalue weighted by Gasteiger charge is 2.22. The lowest BCUT2D eigenvalue weighted by Crippen LogP contribution is -2.11. The minimum Gasteiger partial charge on any atom is -0.354 e. The SMILES string of the molecule is CC(C)(C)c1ccc(-c2cc(-c3ccc(C(C)(C)C)cc3)cc(-c3cccc(Sc4cc(C(C)(C)C)cc5c4[nH]c4ccc(C(C)(C)C)cc45)n3)c2)cc1. The zero-order valence-electron chi connectivity index (χ0n) is 34.3. The standard InChI is InChI=1S/C51H56N2S/c1-48(2,3)37-20-16-32(17-21-37)34-26-35(33-18-22-38(23-19-33)49(4,5)6)28-36(27-34)43-14-13-15-46(52-43)54-45-31-40(51(10,11)12)30-42-41-29-39(50(7,8)9)24-25-44(41)53-47(42)45/h13-31,53H,1-12H3. The van der Waals surface area contributed by atoms with Gasteiger partial charge in [-0.1, -0.05) is 156 Å². The maximum Gasteiger partial charge on any atom is 0.102 e. The average molecular weight is 729 g/mol. The summed E-state index contributed by atoms with van der Waals surface area (Å²) in [6.45, 7) is 27.4. The van der Waals surface area contributed by atoms with Crippen LogP contribution in [0, 0.1) is 0 Å². The number of pyridine rings is 1. The van der Waals surface area contributed by atoms with Crippen LogP contribution in [0.2, 0.25) is 0 Å². The number of fused-ring (bicyclic) bond motifs is 3. The Morgan fingerprint density at radius 2 is 0.907 bits per heavy atom. The molecule has 3 heteroatoms. The summed E-state index contributed by atoms with van der Waals surface area (Å²) in [5, 5.41) is 3.53. The maximum absolute atomic E-state index is 5.35. The second-order valence-corrected chi connectivity index (χ2v) is 20.3. The van der Waals surface area contributed by atoms with Gasteiger partial charge in [0, 0.05) is 26.7 Å². The Morgan fingerprint density at radius 3 is 1.43 bits per heavy atom. The molecule has 0 aliphatic heterocycles. The normalized spacial score (nSPS) is 12.9. The van der Waals surface area contributed by atoms with Crippen LogP contribution < -0.4 is 0 Å². The first kappa shape index (κ1) is 37.7. The van der Waals surface area contributed by atoms with Crippen molar-refractivity contribution in [3.63, 3.8) is 0 Å². The van der Waals surface area contributed by atoms with E-state index in [2.05, 4.69) is 203 Å². The minimum absolute atomic E-state index is 0.00296. The zero-order valence-corrected chi connectivity index (χ0v) is 35.1. The van der Waals surface area contributed by atoms with E-state index >= 15 is 0 Å². The molecule has 2 heterocycles. The number of aromatic nitrogens is 2. The van der Waals surface area contributed by atoms with Crippen LogP contribution >= 0.6 is 11.8 Å². The van der Waals surface area contributed by atoms with Gasteiger partial charge in [-0.3, -0.25) is 0 Å². The third-order valence-corrected chi connectivity index (χ3v) is 11.7. The van der Waals surface area contributed by atoms with Gasteiger partial charge in [0.25, 0.3) is 0 Å². The van der Waals surface area contributed by atoms with Crippen LogP contribution in [-0.4, -0.2) is 9.97 Å². The van der Waals surface area contributed by atoms with Gasteiger partial charge in [0.2, 0.25) is 0 Å². The Hall–Kier alpha value is -4.60. The Kier molecular flexibility index (Phi) is 9.50. The van der Waals surface area contributed by atoms with Gasteiger partial charge < -0.3 is 4.98 Å². The summed E-state index contributed by atoms with van der Waals surface area (Å²) in [5.74, 6) is 0. The summed E-state index contributed by atoms with van der Waals surface area (Å²) >= 11 is 1.75. The van der Waals surface area contributed by atoms with Crippen molar-refractivity contribution in [1.29, 1.82) is 0 Å². The quantitative estimate of drug-likeness (QED) is 0.191. The molecule has 0 unspecified atom stereocenters. The van der Waals surface area contributed by atoms with Gasteiger partial charge in [0.15, 0.2) is 0 Å². The van der Waals surface area contributed by atoms with Gasteiger partial charge >= 0.3 is 0 Å². The topological polar surface area (TPSA) is 28.7 Å². The third-order valence-electron chi connectivity index (χ3n) is 10.7. The molecular weight excluding hydrogens is 673 g/mol. The second kappa shape index (κ2) is 13.6. The van der Waals surface area contributed by atoms with E-state index < -0.39 is 0 Å². The van der Waals surface area contributed by atoms with Crippen LogP contribution in [-0.2, 0) is 21.7 Å². The molecule has 54 heavy (non-hydrogen) atoms. The van der Waals surface area contributed by atoms with Crippen LogP contribution in [0.15, 0.2) is 125 Å². The number of aromatic amines is 1. The molecule has 276 valence electrons. The van der Waals surface area contributed by atoms with Crippen LogP contribution in [0.4, 0.5) is 0 Å². The zero-order chi connectivity index (χ0) is 38.8. The second-order valence-electron chi connectivity index (χ2n) is 19.2. The number of rotatable bonds is 5. The first-order chi connectivity index (χ1) is 25.2. The molecule has 0 bridgehead atoms. The Balaban J connectivity index is 1.33. The molecule has 0 aliphatic carbocycles. The summed E-state index contributed by atoms with van der Waals surface area (Å²) in [4.78, 5) is 10.3. The molecule has 2 nitrogen and oxygen atoms in total. The average Bonchev–Trinajstić information content (AvgIpc) is 3.49. The van der Waals surface area contributed by atoms with E-state index in [4.69, 9.17) is 4.98 Å². The minimum atomic E-state index is -0.00296. The fourth-order valence-electron chi connectivity index (χ4n) is 7.13. The smallest absolute Gasteiger partial charge is 0.102 e. The fourth-order valence-corrected chi connectivity index (χ4v) is 8.09. The lowest BCUT2D eigenvalue weighted by molar-refractivity contribution is 0.589. The molecule has 0 atom stereocenters. The molecular formula is C51H56N2S. The molecule has 0 spiro atoms. The third kappa shape index (κ3) is 7.80. The van der Waals surface area contributed by atoms with Crippen LogP contribution in [0.25, 0.3) is 55.3 Å². The van der Waals surface area contributed by atoms with E-state index in [1.807, 2.05) is 0 Å². The van der Waals surface area contributed by atoms with E-state index in [0.717, 1.165) is 16.3 Å². The van der Waals surface area contributed by atoms with Crippen LogP contribution in [0.1, 0.15) is 105 Å². The number of nitrogens with zero attached hydrogens (tertiary/aromatic N) is 1. The first-order valence-electron chi connectivity index (χ1n) is 19.4. The fraction of sp³-hybridized carbons (Fsp3) is 0.314. The Bertz CT molecular complexity index is 2390. The van der Waals surface area contributed by atoms with Crippen molar-refractivity contribution in [2.75, 3.05) is 0 Å². The molecule has 2 aromatic heterocycles. The number of benzene rings is 5. The summed E-state index contributed by atoms with van der Waals surface area (Å²) < 4.78 is 0. The molecule has 0 fully saturated rings. The van der Waals surface area contributed by atoms with E-state index in [1.165, 1.54) is 71.2 Å². The van der Waals surface area contributed by atoms with Gasteiger partial charge in [-0.15, -0.1) is 0 Å². The van der Waals surface area contributed by atoms with E-state index in [1.54, 1.807) is 11.8 Å². The van der Waals surface area contributed by atoms with Gasteiger partial charge in [-0.2, -0.15) is 0 Å². The van der Waals surface area contributed by atoms with Crippen LogP contribution in [0.5, 0.6) is 0 Å². The number of hydrogen-bond acceptors (Lipinski definition) is 2. The largest absolute Gasteiger partial charge is 0.354 e. The highest BCUT2D eigenvalue weighted by atomic mass is 32.2. The summed E-state index contributed by atoms with van der Waals surface area (Å²) in [6.07, 6.45) is 0. The van der Waals surface area contributed by atoms with E-state index in [-0.39, 0.29) is 21.7 Å². The summed E-state index contributed by atoms with van der Waals surface area (Å²) in [6, 6.07) is 43.2. The van der Waals surface area contributed by atoms with E-state index in [0.29, 0.717) is 0 Å². The maximum atomic E-state index is 5.35. The monoisotopic (exact) mass is 728 g/mol. The highest BCUT2D eigenvalue weighted by Crippen LogP contribution is 2.42. The molecule has 0 saturated heterocycles. The van der Waals surface area contributed by atoms with Crippen molar-refractivity contribution in [3.8, 4) is 33.5 Å². The molecule has 1 N–H and O–H groups in total.